The number of rotatable bonds is 1. The predicted octanol–water partition coefficient (Wildman–Crippen LogP) is 1.77. The van der Waals surface area contributed by atoms with Crippen LogP contribution in [-0.2, 0) is 0 Å². The fraction of sp³-hybridized carbons (Fsp3) is 0.462. The number of carbonyl (C=O) groups excluding carboxylic acids is 1. The van der Waals surface area contributed by atoms with Crippen molar-refractivity contribution in [2.24, 2.45) is 11.8 Å². The lowest BCUT2D eigenvalue weighted by atomic mass is 10.0. The minimum atomic E-state index is -0.538. The Bertz CT molecular complexity index is 482. The lowest BCUT2D eigenvalue weighted by molar-refractivity contribution is 0.0781. The first-order valence-corrected chi connectivity index (χ1v) is 6.48. The molecule has 0 spiro atoms. The van der Waals surface area contributed by atoms with Gasteiger partial charge in [0.2, 0.25) is 0 Å². The molecule has 0 bridgehead atoms. The zero-order chi connectivity index (χ0) is 12.7. The zero-order valence-corrected chi connectivity index (χ0v) is 10.6. The fourth-order valence-corrected chi connectivity index (χ4v) is 3.07. The zero-order valence-electron chi connectivity index (χ0n) is 9.83. The number of hydrogen-bond donors (Lipinski definition) is 1. The Morgan fingerprint density at radius 1 is 1.33 bits per heavy atom. The van der Waals surface area contributed by atoms with Crippen LogP contribution in [0.5, 0.6) is 0 Å². The van der Waals surface area contributed by atoms with E-state index in [1.165, 1.54) is 12.1 Å². The van der Waals surface area contributed by atoms with Gasteiger partial charge < -0.3 is 10.2 Å². The molecular weight excluding hydrogens is 255 g/mol. The van der Waals surface area contributed by atoms with Crippen molar-refractivity contribution in [1.29, 1.82) is 0 Å². The van der Waals surface area contributed by atoms with Crippen LogP contribution in [0.3, 0.4) is 0 Å². The van der Waals surface area contributed by atoms with Crippen LogP contribution in [0.2, 0.25) is 5.02 Å². The third-order valence-corrected chi connectivity index (χ3v) is 4.24. The Labute approximate surface area is 110 Å². The Kier molecular flexibility index (Phi) is 2.99. The van der Waals surface area contributed by atoms with E-state index in [9.17, 15) is 9.18 Å². The Morgan fingerprint density at radius 3 is 2.67 bits per heavy atom. The van der Waals surface area contributed by atoms with Gasteiger partial charge in [0.05, 0.1) is 10.6 Å². The molecule has 0 aliphatic carbocycles. The standard InChI is InChI=1S/C13H14ClFN2O/c14-12-10(2-1-3-11(12)15)13(18)17-6-8-4-16-5-9(8)7-17/h1-3,8-9,16H,4-7H2/t8-,9+. The van der Waals surface area contributed by atoms with Crippen molar-refractivity contribution in [3.8, 4) is 0 Å². The van der Waals surface area contributed by atoms with Crippen LogP contribution in [0.25, 0.3) is 0 Å². The van der Waals surface area contributed by atoms with Gasteiger partial charge in [-0.25, -0.2) is 4.39 Å². The molecule has 2 heterocycles. The maximum atomic E-state index is 13.3. The summed E-state index contributed by atoms with van der Waals surface area (Å²) in [5.74, 6) is 0.361. The third kappa shape index (κ3) is 1.89. The van der Waals surface area contributed by atoms with Gasteiger partial charge in [0, 0.05) is 26.2 Å². The van der Waals surface area contributed by atoms with E-state index in [2.05, 4.69) is 5.32 Å². The summed E-state index contributed by atoms with van der Waals surface area (Å²) in [5, 5.41) is 3.25. The average molecular weight is 269 g/mol. The van der Waals surface area contributed by atoms with Crippen LogP contribution < -0.4 is 5.32 Å². The third-order valence-electron chi connectivity index (χ3n) is 3.86. The van der Waals surface area contributed by atoms with Crippen molar-refractivity contribution < 1.29 is 9.18 Å². The Hall–Kier alpha value is -1.13. The van der Waals surface area contributed by atoms with Gasteiger partial charge in [-0.15, -0.1) is 0 Å². The van der Waals surface area contributed by atoms with E-state index in [1.54, 1.807) is 11.0 Å². The van der Waals surface area contributed by atoms with Crippen LogP contribution in [0, 0.1) is 17.7 Å². The molecule has 2 aliphatic rings. The van der Waals surface area contributed by atoms with E-state index in [0.29, 0.717) is 11.8 Å². The average Bonchev–Trinajstić information content (AvgIpc) is 2.92. The fourth-order valence-electron chi connectivity index (χ4n) is 2.86. The number of amides is 1. The molecule has 18 heavy (non-hydrogen) atoms. The van der Waals surface area contributed by atoms with Gasteiger partial charge in [-0.1, -0.05) is 17.7 Å². The molecule has 2 saturated heterocycles. The quantitative estimate of drug-likeness (QED) is 0.842. The Morgan fingerprint density at radius 2 is 2.00 bits per heavy atom. The van der Waals surface area contributed by atoms with E-state index in [4.69, 9.17) is 11.6 Å². The molecule has 0 aromatic heterocycles. The molecule has 2 atom stereocenters. The van der Waals surface area contributed by atoms with Crippen molar-refractivity contribution in [3.63, 3.8) is 0 Å². The summed E-state index contributed by atoms with van der Waals surface area (Å²) in [6.07, 6.45) is 0. The first-order valence-electron chi connectivity index (χ1n) is 6.11. The number of halogens is 2. The summed E-state index contributed by atoms with van der Waals surface area (Å²) in [6, 6.07) is 4.37. The normalized spacial score (nSPS) is 26.4. The second-order valence-corrected chi connectivity index (χ2v) is 5.37. The van der Waals surface area contributed by atoms with E-state index < -0.39 is 5.82 Å². The summed E-state index contributed by atoms with van der Waals surface area (Å²) in [6.45, 7) is 3.41. The van der Waals surface area contributed by atoms with Gasteiger partial charge in [0.25, 0.3) is 5.91 Å². The lowest BCUT2D eigenvalue weighted by Gasteiger charge is -2.18. The number of fused-ring (bicyclic) bond motifs is 1. The number of nitrogens with one attached hydrogen (secondary N) is 1. The summed E-state index contributed by atoms with van der Waals surface area (Å²) < 4.78 is 13.3. The van der Waals surface area contributed by atoms with Gasteiger partial charge in [0.1, 0.15) is 5.82 Å². The first-order chi connectivity index (χ1) is 8.66. The van der Waals surface area contributed by atoms with Gasteiger partial charge in [-0.2, -0.15) is 0 Å². The maximum Gasteiger partial charge on any atom is 0.255 e. The maximum absolute atomic E-state index is 13.3. The molecule has 1 N–H and O–H groups in total. The molecule has 1 aromatic rings. The van der Waals surface area contributed by atoms with E-state index in [-0.39, 0.29) is 16.5 Å². The van der Waals surface area contributed by atoms with Gasteiger partial charge in [0.15, 0.2) is 0 Å². The SMILES string of the molecule is O=C(c1cccc(F)c1Cl)N1C[C@H]2CNC[C@H]2C1. The van der Waals surface area contributed by atoms with Crippen LogP contribution in [0.4, 0.5) is 4.39 Å². The van der Waals surface area contributed by atoms with E-state index in [1.807, 2.05) is 0 Å². The summed E-state index contributed by atoms with van der Waals surface area (Å²) in [5.41, 5.74) is 0.268. The molecule has 1 amide bonds. The molecule has 2 fully saturated rings. The van der Waals surface area contributed by atoms with Gasteiger partial charge >= 0.3 is 0 Å². The lowest BCUT2D eigenvalue weighted by Crippen LogP contribution is -2.32. The molecule has 2 aliphatic heterocycles. The van der Waals surface area contributed by atoms with Crippen molar-refractivity contribution in [2.75, 3.05) is 26.2 Å². The second kappa shape index (κ2) is 4.52. The van der Waals surface area contributed by atoms with Crippen molar-refractivity contribution >= 4 is 17.5 Å². The molecular formula is C13H14ClFN2O. The van der Waals surface area contributed by atoms with Crippen LogP contribution in [0.15, 0.2) is 18.2 Å². The molecule has 5 heteroatoms. The van der Waals surface area contributed by atoms with Crippen molar-refractivity contribution in [2.45, 2.75) is 0 Å². The number of nitrogens with zero attached hydrogens (tertiary/aromatic N) is 1. The highest BCUT2D eigenvalue weighted by molar-refractivity contribution is 6.34. The van der Waals surface area contributed by atoms with Gasteiger partial charge in [-0.3, -0.25) is 4.79 Å². The molecule has 0 saturated carbocycles. The van der Waals surface area contributed by atoms with Crippen molar-refractivity contribution in [1.82, 2.24) is 10.2 Å². The van der Waals surface area contributed by atoms with E-state index in [0.717, 1.165) is 26.2 Å². The molecule has 0 radical (unpaired) electrons. The van der Waals surface area contributed by atoms with Gasteiger partial charge in [-0.05, 0) is 24.0 Å². The highest BCUT2D eigenvalue weighted by atomic mass is 35.5. The topological polar surface area (TPSA) is 32.3 Å². The molecule has 96 valence electrons. The largest absolute Gasteiger partial charge is 0.338 e. The number of carbonyl (C=O) groups is 1. The molecule has 3 nitrogen and oxygen atoms in total. The second-order valence-electron chi connectivity index (χ2n) is 4.99. The van der Waals surface area contributed by atoms with Crippen molar-refractivity contribution in [3.05, 3.63) is 34.6 Å². The first kappa shape index (κ1) is 11.9. The monoisotopic (exact) mass is 268 g/mol. The number of likely N-dealkylation sites (tertiary alicyclic amines) is 1. The summed E-state index contributed by atoms with van der Waals surface area (Å²) in [7, 11) is 0. The van der Waals surface area contributed by atoms with Crippen LogP contribution in [-0.4, -0.2) is 37.0 Å². The Balaban J connectivity index is 1.81. The summed E-state index contributed by atoms with van der Waals surface area (Å²) in [4.78, 5) is 14.1. The minimum Gasteiger partial charge on any atom is -0.338 e. The molecule has 1 aromatic carbocycles. The smallest absolute Gasteiger partial charge is 0.255 e. The van der Waals surface area contributed by atoms with Crippen LogP contribution in [0.1, 0.15) is 10.4 Å². The number of benzene rings is 1. The minimum absolute atomic E-state index is 0.0716. The number of hydrogen-bond acceptors (Lipinski definition) is 2. The van der Waals surface area contributed by atoms with Crippen LogP contribution >= 0.6 is 11.6 Å². The summed E-state index contributed by atoms with van der Waals surface area (Å²) >= 11 is 5.85. The highest BCUT2D eigenvalue weighted by Gasteiger charge is 2.38. The highest BCUT2D eigenvalue weighted by Crippen LogP contribution is 2.29. The molecule has 0 unspecified atom stereocenters. The predicted molar refractivity (Wildman–Crippen MR) is 67.2 cm³/mol. The van der Waals surface area contributed by atoms with E-state index >= 15 is 0 Å². The molecule has 3 rings (SSSR count).